The fourth-order valence-electron chi connectivity index (χ4n) is 3.16. The Morgan fingerprint density at radius 2 is 1.19 bits per heavy atom. The topological polar surface area (TPSA) is 27.7 Å². The molecule has 4 heteroatoms. The Morgan fingerprint density at radius 3 is 1.69 bits per heavy atom. The van der Waals surface area contributed by atoms with Gasteiger partial charge in [0, 0.05) is 6.61 Å². The van der Waals surface area contributed by atoms with Crippen molar-refractivity contribution in [3.05, 3.63) is 24.3 Å². The van der Waals surface area contributed by atoms with Crippen LogP contribution in [0.2, 0.25) is 12.1 Å². The average molecular weight is 381 g/mol. The van der Waals surface area contributed by atoms with Crippen LogP contribution in [-0.4, -0.2) is 22.3 Å². The summed E-state index contributed by atoms with van der Waals surface area (Å²) in [5, 5.41) is 0. The molecule has 0 aliphatic rings. The van der Waals surface area contributed by atoms with E-state index in [1.54, 1.807) is 7.11 Å². The van der Waals surface area contributed by atoms with E-state index in [-0.39, 0.29) is 0 Å². The molecule has 0 aromatic heterocycles. The van der Waals surface area contributed by atoms with Gasteiger partial charge in [-0.1, -0.05) is 72.1 Å². The second kappa shape index (κ2) is 14.1. The zero-order valence-corrected chi connectivity index (χ0v) is 18.5. The molecule has 150 valence electrons. The van der Waals surface area contributed by atoms with E-state index in [1.807, 2.05) is 24.3 Å². The third-order valence-corrected chi connectivity index (χ3v) is 8.55. The molecule has 0 heterocycles. The zero-order valence-electron chi connectivity index (χ0n) is 17.5. The van der Waals surface area contributed by atoms with Crippen LogP contribution >= 0.6 is 0 Å². The van der Waals surface area contributed by atoms with Crippen LogP contribution in [0.3, 0.4) is 0 Å². The third kappa shape index (κ3) is 9.09. The molecule has 0 bridgehead atoms. The van der Waals surface area contributed by atoms with Gasteiger partial charge < -0.3 is 13.6 Å². The molecule has 3 nitrogen and oxygen atoms in total. The highest BCUT2D eigenvalue weighted by molar-refractivity contribution is 6.68. The molecule has 0 saturated heterocycles. The van der Waals surface area contributed by atoms with Crippen LogP contribution in [0.4, 0.5) is 0 Å². The van der Waals surface area contributed by atoms with E-state index < -0.39 is 8.56 Å². The van der Waals surface area contributed by atoms with E-state index in [1.165, 1.54) is 51.4 Å². The van der Waals surface area contributed by atoms with E-state index in [0.717, 1.165) is 36.6 Å². The maximum Gasteiger partial charge on any atom is 0.398 e. The number of hydrogen-bond donors (Lipinski definition) is 0. The van der Waals surface area contributed by atoms with Crippen LogP contribution in [0.25, 0.3) is 0 Å². The lowest BCUT2D eigenvalue weighted by molar-refractivity contribution is 0.230. The fourth-order valence-corrected chi connectivity index (χ4v) is 5.50. The highest BCUT2D eigenvalue weighted by Gasteiger charge is 2.35. The summed E-state index contributed by atoms with van der Waals surface area (Å²) < 4.78 is 17.9. The van der Waals surface area contributed by atoms with Gasteiger partial charge in [0.15, 0.2) is 0 Å². The van der Waals surface area contributed by atoms with Crippen molar-refractivity contribution >= 4 is 8.56 Å². The first-order valence-electron chi connectivity index (χ1n) is 10.7. The minimum Gasteiger partial charge on any atom is -0.520 e. The number of rotatable bonds is 16. The van der Waals surface area contributed by atoms with Gasteiger partial charge in [0.2, 0.25) is 0 Å². The minimum atomic E-state index is -2.14. The van der Waals surface area contributed by atoms with Crippen molar-refractivity contribution in [2.24, 2.45) is 0 Å². The average Bonchev–Trinajstić information content (AvgIpc) is 2.69. The maximum absolute atomic E-state index is 6.34. The Bertz CT molecular complexity index is 443. The summed E-state index contributed by atoms with van der Waals surface area (Å²) >= 11 is 0. The van der Waals surface area contributed by atoms with Gasteiger partial charge in [-0.2, -0.15) is 0 Å². The quantitative estimate of drug-likeness (QED) is 0.226. The molecule has 1 aromatic carbocycles. The lowest BCUT2D eigenvalue weighted by Crippen LogP contribution is -2.44. The summed E-state index contributed by atoms with van der Waals surface area (Å²) in [5.41, 5.74) is 0. The summed E-state index contributed by atoms with van der Waals surface area (Å²) in [6, 6.07) is 9.81. The summed E-state index contributed by atoms with van der Waals surface area (Å²) in [6.45, 7) is 7.49. The summed E-state index contributed by atoms with van der Waals surface area (Å²) in [4.78, 5) is 0. The van der Waals surface area contributed by atoms with Crippen LogP contribution in [0.15, 0.2) is 24.3 Å². The summed E-state index contributed by atoms with van der Waals surface area (Å²) in [6.07, 6.45) is 12.1. The predicted molar refractivity (Wildman–Crippen MR) is 114 cm³/mol. The standard InChI is InChI=1S/C22H40O3Si/c1-5-8-9-10-11-12-13-14-15-20-24-26(6-2,7-3)25-22-18-16-21(23-4)17-19-22/h16-19H,5-15,20H2,1-4H3. The van der Waals surface area contributed by atoms with Gasteiger partial charge in [-0.05, 0) is 42.8 Å². The molecular weight excluding hydrogens is 340 g/mol. The number of hydrogen-bond acceptors (Lipinski definition) is 3. The van der Waals surface area contributed by atoms with Crippen molar-refractivity contribution in [1.29, 1.82) is 0 Å². The molecule has 0 saturated carbocycles. The molecule has 26 heavy (non-hydrogen) atoms. The van der Waals surface area contributed by atoms with E-state index in [0.29, 0.717) is 0 Å². The van der Waals surface area contributed by atoms with E-state index in [2.05, 4.69) is 20.8 Å². The molecule has 1 rings (SSSR count). The normalized spacial score (nSPS) is 11.5. The van der Waals surface area contributed by atoms with Gasteiger partial charge in [-0.15, -0.1) is 0 Å². The molecule has 1 aromatic rings. The third-order valence-electron chi connectivity index (χ3n) is 5.05. The Hall–Kier alpha value is -1.00. The second-order valence-corrected chi connectivity index (χ2v) is 10.8. The van der Waals surface area contributed by atoms with Crippen LogP contribution < -0.4 is 9.16 Å². The first-order valence-corrected chi connectivity index (χ1v) is 12.9. The Morgan fingerprint density at radius 1 is 0.692 bits per heavy atom. The Labute approximate surface area is 162 Å². The van der Waals surface area contributed by atoms with Crippen molar-refractivity contribution in [1.82, 2.24) is 0 Å². The molecular formula is C22H40O3Si. The molecule has 0 spiro atoms. The Balaban J connectivity index is 2.26. The van der Waals surface area contributed by atoms with Gasteiger partial charge >= 0.3 is 8.56 Å². The van der Waals surface area contributed by atoms with Crippen LogP contribution in [-0.2, 0) is 4.43 Å². The zero-order chi connectivity index (χ0) is 19.1. The van der Waals surface area contributed by atoms with E-state index in [9.17, 15) is 0 Å². The van der Waals surface area contributed by atoms with Gasteiger partial charge in [0.25, 0.3) is 0 Å². The summed E-state index contributed by atoms with van der Waals surface area (Å²) in [5.74, 6) is 1.75. The van der Waals surface area contributed by atoms with E-state index >= 15 is 0 Å². The smallest absolute Gasteiger partial charge is 0.398 e. The SMILES string of the molecule is CCCCCCCCCCCO[Si](CC)(CC)Oc1ccc(OC)cc1. The molecule has 0 N–H and O–H groups in total. The van der Waals surface area contributed by atoms with Crippen molar-refractivity contribution in [2.75, 3.05) is 13.7 Å². The van der Waals surface area contributed by atoms with Gasteiger partial charge in [0.05, 0.1) is 7.11 Å². The first-order chi connectivity index (χ1) is 12.7. The molecule has 0 aliphatic heterocycles. The van der Waals surface area contributed by atoms with Crippen molar-refractivity contribution < 1.29 is 13.6 Å². The number of benzene rings is 1. The molecule has 0 atom stereocenters. The van der Waals surface area contributed by atoms with Gasteiger partial charge in [-0.25, -0.2) is 0 Å². The monoisotopic (exact) mass is 380 g/mol. The minimum absolute atomic E-state index is 0.833. The molecule has 0 unspecified atom stereocenters. The van der Waals surface area contributed by atoms with Crippen LogP contribution in [0, 0.1) is 0 Å². The maximum atomic E-state index is 6.34. The predicted octanol–water partition coefficient (Wildman–Crippen LogP) is 7.10. The van der Waals surface area contributed by atoms with Crippen molar-refractivity contribution in [3.63, 3.8) is 0 Å². The molecule has 0 fully saturated rings. The van der Waals surface area contributed by atoms with Crippen molar-refractivity contribution in [3.8, 4) is 11.5 Å². The van der Waals surface area contributed by atoms with Crippen molar-refractivity contribution in [2.45, 2.75) is 90.6 Å². The van der Waals surface area contributed by atoms with Gasteiger partial charge in [-0.3, -0.25) is 0 Å². The largest absolute Gasteiger partial charge is 0.520 e. The lowest BCUT2D eigenvalue weighted by atomic mass is 10.1. The van der Waals surface area contributed by atoms with Gasteiger partial charge in [0.1, 0.15) is 11.5 Å². The lowest BCUT2D eigenvalue weighted by Gasteiger charge is -2.29. The number of unbranched alkanes of at least 4 members (excludes halogenated alkanes) is 8. The number of methoxy groups -OCH3 is 1. The molecule has 0 radical (unpaired) electrons. The first kappa shape index (κ1) is 23.0. The highest BCUT2D eigenvalue weighted by atomic mass is 28.4. The number of ether oxygens (including phenoxy) is 1. The molecule has 0 aliphatic carbocycles. The fraction of sp³-hybridized carbons (Fsp3) is 0.727. The second-order valence-electron chi connectivity index (χ2n) is 7.07. The Kier molecular flexibility index (Phi) is 12.5. The highest BCUT2D eigenvalue weighted by Crippen LogP contribution is 2.25. The van der Waals surface area contributed by atoms with Crippen LogP contribution in [0.1, 0.15) is 78.6 Å². The summed E-state index contributed by atoms with van der Waals surface area (Å²) in [7, 11) is -0.461. The molecule has 0 amide bonds. The van der Waals surface area contributed by atoms with E-state index in [4.69, 9.17) is 13.6 Å². The van der Waals surface area contributed by atoms with Crippen LogP contribution in [0.5, 0.6) is 11.5 Å².